The molecule has 1 aromatic rings. The van der Waals surface area contributed by atoms with E-state index in [2.05, 4.69) is 5.32 Å². The van der Waals surface area contributed by atoms with Crippen molar-refractivity contribution in [1.29, 1.82) is 0 Å². The monoisotopic (exact) mass is 348 g/mol. The Kier molecular flexibility index (Phi) is 5.13. The predicted octanol–water partition coefficient (Wildman–Crippen LogP) is 0.912. The van der Waals surface area contributed by atoms with Crippen molar-refractivity contribution in [3.05, 3.63) is 23.3 Å². The van der Waals surface area contributed by atoms with Gasteiger partial charge in [-0.25, -0.2) is 0 Å². The molecule has 0 radical (unpaired) electrons. The molecule has 3 rings (SSSR count). The van der Waals surface area contributed by atoms with E-state index < -0.39 is 0 Å². The van der Waals surface area contributed by atoms with E-state index in [1.54, 1.807) is 14.2 Å². The number of carbonyl (C=O) groups is 2. The lowest BCUT2D eigenvalue weighted by Gasteiger charge is -2.41. The zero-order valence-electron chi connectivity index (χ0n) is 14.8. The molecular weight excluding hydrogens is 324 g/mol. The molecule has 2 heterocycles. The molecular formula is C18H24N2O5. The van der Waals surface area contributed by atoms with Gasteiger partial charge in [0, 0.05) is 19.6 Å². The number of ether oxygens (including phenoxy) is 3. The molecule has 2 aliphatic heterocycles. The number of esters is 1. The molecule has 1 amide bonds. The SMILES string of the molecule is COC(=O)CC1c2cc(OC)c(OC)cc2CCN1C(=O)C1CNC1. The van der Waals surface area contributed by atoms with Gasteiger partial charge in [-0.3, -0.25) is 9.59 Å². The van der Waals surface area contributed by atoms with Gasteiger partial charge in [-0.1, -0.05) is 0 Å². The molecule has 0 aliphatic carbocycles. The summed E-state index contributed by atoms with van der Waals surface area (Å²) in [7, 11) is 4.53. The Bertz CT molecular complexity index is 672. The average molecular weight is 348 g/mol. The molecule has 0 saturated carbocycles. The Morgan fingerprint density at radius 1 is 1.16 bits per heavy atom. The van der Waals surface area contributed by atoms with Crippen LogP contribution in [0.4, 0.5) is 0 Å². The second-order valence-electron chi connectivity index (χ2n) is 6.34. The van der Waals surface area contributed by atoms with Gasteiger partial charge in [0.2, 0.25) is 5.91 Å². The minimum absolute atomic E-state index is 0.0122. The van der Waals surface area contributed by atoms with Crippen LogP contribution >= 0.6 is 0 Å². The standard InChI is InChI=1S/C18H24N2O5/c1-23-15-6-11-4-5-20(18(22)12-9-19-10-12)14(8-17(21)25-3)13(11)7-16(15)24-2/h6-7,12,14,19H,4-5,8-10H2,1-3H3. The smallest absolute Gasteiger partial charge is 0.307 e. The lowest BCUT2D eigenvalue weighted by molar-refractivity contribution is -0.146. The molecule has 1 atom stereocenters. The van der Waals surface area contributed by atoms with Gasteiger partial charge in [0.05, 0.1) is 39.7 Å². The lowest BCUT2D eigenvalue weighted by atomic mass is 9.88. The molecule has 0 bridgehead atoms. The third kappa shape index (κ3) is 3.28. The number of nitrogens with one attached hydrogen (secondary N) is 1. The third-order valence-corrected chi connectivity index (χ3v) is 5.00. The first kappa shape index (κ1) is 17.5. The summed E-state index contributed by atoms with van der Waals surface area (Å²) < 4.78 is 15.6. The van der Waals surface area contributed by atoms with Crippen LogP contribution in [-0.2, 0) is 20.7 Å². The zero-order chi connectivity index (χ0) is 18.0. The topological polar surface area (TPSA) is 77.1 Å². The number of rotatable bonds is 5. The number of nitrogens with zero attached hydrogens (tertiary/aromatic N) is 1. The molecule has 1 saturated heterocycles. The summed E-state index contributed by atoms with van der Waals surface area (Å²) in [5.41, 5.74) is 2.00. The first-order valence-corrected chi connectivity index (χ1v) is 8.41. The number of fused-ring (bicyclic) bond motifs is 1. The molecule has 1 aromatic carbocycles. The van der Waals surface area contributed by atoms with Crippen molar-refractivity contribution in [2.75, 3.05) is 41.0 Å². The Labute approximate surface area is 147 Å². The summed E-state index contributed by atoms with van der Waals surface area (Å²) in [6.07, 6.45) is 0.851. The molecule has 1 unspecified atom stereocenters. The highest BCUT2D eigenvalue weighted by atomic mass is 16.5. The van der Waals surface area contributed by atoms with Crippen molar-refractivity contribution in [2.24, 2.45) is 5.92 Å². The number of methoxy groups -OCH3 is 3. The van der Waals surface area contributed by atoms with Crippen LogP contribution in [-0.4, -0.2) is 57.7 Å². The highest BCUT2D eigenvalue weighted by molar-refractivity contribution is 5.82. The minimum Gasteiger partial charge on any atom is -0.493 e. The summed E-state index contributed by atoms with van der Waals surface area (Å²) >= 11 is 0. The fourth-order valence-corrected chi connectivity index (χ4v) is 3.45. The van der Waals surface area contributed by atoms with Crippen molar-refractivity contribution in [1.82, 2.24) is 10.2 Å². The Hall–Kier alpha value is -2.28. The van der Waals surface area contributed by atoms with E-state index in [1.807, 2.05) is 17.0 Å². The zero-order valence-corrected chi connectivity index (χ0v) is 14.8. The molecule has 25 heavy (non-hydrogen) atoms. The normalized spacial score (nSPS) is 19.6. The fraction of sp³-hybridized carbons (Fsp3) is 0.556. The summed E-state index contributed by atoms with van der Waals surface area (Å²) in [5.74, 6) is 0.990. The molecule has 0 aromatic heterocycles. The van der Waals surface area contributed by atoms with Crippen molar-refractivity contribution >= 4 is 11.9 Å². The summed E-state index contributed by atoms with van der Waals surface area (Å²) in [5, 5.41) is 3.12. The van der Waals surface area contributed by atoms with Gasteiger partial charge in [-0.15, -0.1) is 0 Å². The van der Waals surface area contributed by atoms with E-state index >= 15 is 0 Å². The molecule has 136 valence electrons. The van der Waals surface area contributed by atoms with Crippen LogP contribution in [0.25, 0.3) is 0 Å². The first-order chi connectivity index (χ1) is 12.1. The number of amides is 1. The second kappa shape index (κ2) is 7.31. The molecule has 0 spiro atoms. The maximum Gasteiger partial charge on any atom is 0.307 e. The van der Waals surface area contributed by atoms with Gasteiger partial charge < -0.3 is 24.4 Å². The van der Waals surface area contributed by atoms with Crippen LogP contribution < -0.4 is 14.8 Å². The Morgan fingerprint density at radius 2 is 1.84 bits per heavy atom. The van der Waals surface area contributed by atoms with Crippen molar-refractivity contribution < 1.29 is 23.8 Å². The summed E-state index contributed by atoms with van der Waals surface area (Å²) in [6, 6.07) is 3.47. The lowest BCUT2D eigenvalue weighted by Crippen LogP contribution is -2.54. The van der Waals surface area contributed by atoms with E-state index in [-0.39, 0.29) is 30.3 Å². The molecule has 7 nitrogen and oxygen atoms in total. The van der Waals surface area contributed by atoms with Crippen molar-refractivity contribution in [2.45, 2.75) is 18.9 Å². The van der Waals surface area contributed by atoms with Gasteiger partial charge in [-0.05, 0) is 29.7 Å². The molecule has 1 N–H and O–H groups in total. The second-order valence-corrected chi connectivity index (χ2v) is 6.34. The van der Waals surface area contributed by atoms with Crippen LogP contribution in [0.3, 0.4) is 0 Å². The average Bonchev–Trinajstić information content (AvgIpc) is 2.58. The number of benzene rings is 1. The summed E-state index contributed by atoms with van der Waals surface area (Å²) in [6.45, 7) is 1.97. The van der Waals surface area contributed by atoms with E-state index in [1.165, 1.54) is 7.11 Å². The number of hydrogen-bond donors (Lipinski definition) is 1. The van der Waals surface area contributed by atoms with E-state index in [0.717, 1.165) is 17.5 Å². The highest BCUT2D eigenvalue weighted by Gasteiger charge is 2.38. The van der Waals surface area contributed by atoms with Gasteiger partial charge in [-0.2, -0.15) is 0 Å². The van der Waals surface area contributed by atoms with Crippen molar-refractivity contribution in [3.63, 3.8) is 0 Å². The van der Waals surface area contributed by atoms with Gasteiger partial charge in [0.1, 0.15) is 0 Å². The number of carbonyl (C=O) groups excluding carboxylic acids is 2. The van der Waals surface area contributed by atoms with Gasteiger partial charge in [0.15, 0.2) is 11.5 Å². The van der Waals surface area contributed by atoms with Crippen LogP contribution in [0.2, 0.25) is 0 Å². The Balaban J connectivity index is 1.98. The van der Waals surface area contributed by atoms with Gasteiger partial charge >= 0.3 is 5.97 Å². The highest BCUT2D eigenvalue weighted by Crippen LogP contribution is 2.40. The summed E-state index contributed by atoms with van der Waals surface area (Å²) in [4.78, 5) is 26.6. The van der Waals surface area contributed by atoms with Crippen molar-refractivity contribution in [3.8, 4) is 11.5 Å². The van der Waals surface area contributed by atoms with E-state index in [0.29, 0.717) is 31.1 Å². The maximum atomic E-state index is 12.8. The molecule has 7 heteroatoms. The fourth-order valence-electron chi connectivity index (χ4n) is 3.45. The van der Waals surface area contributed by atoms with Crippen LogP contribution in [0.15, 0.2) is 12.1 Å². The van der Waals surface area contributed by atoms with Crippen LogP contribution in [0.5, 0.6) is 11.5 Å². The van der Waals surface area contributed by atoms with Crippen LogP contribution in [0, 0.1) is 5.92 Å². The minimum atomic E-state index is -0.343. The largest absolute Gasteiger partial charge is 0.493 e. The maximum absolute atomic E-state index is 12.8. The quantitative estimate of drug-likeness (QED) is 0.797. The first-order valence-electron chi connectivity index (χ1n) is 8.41. The van der Waals surface area contributed by atoms with Gasteiger partial charge in [0.25, 0.3) is 0 Å². The third-order valence-electron chi connectivity index (χ3n) is 5.00. The van der Waals surface area contributed by atoms with Crippen LogP contribution in [0.1, 0.15) is 23.6 Å². The predicted molar refractivity (Wildman–Crippen MR) is 90.7 cm³/mol. The molecule has 2 aliphatic rings. The molecule has 1 fully saturated rings. The number of hydrogen-bond acceptors (Lipinski definition) is 6. The Morgan fingerprint density at radius 3 is 2.40 bits per heavy atom. The van der Waals surface area contributed by atoms with E-state index in [4.69, 9.17) is 14.2 Å². The van der Waals surface area contributed by atoms with E-state index in [9.17, 15) is 9.59 Å².